The lowest BCUT2D eigenvalue weighted by molar-refractivity contribution is -0.387. The lowest BCUT2D eigenvalue weighted by atomic mass is 10.0. The lowest BCUT2D eigenvalue weighted by Gasteiger charge is -2.22. The zero-order chi connectivity index (χ0) is 34.2. The van der Waals surface area contributed by atoms with Crippen LogP contribution in [0.1, 0.15) is 43.7 Å². The summed E-state index contributed by atoms with van der Waals surface area (Å²) >= 11 is 0. The van der Waals surface area contributed by atoms with E-state index >= 15 is 0 Å². The number of sulfonamides is 1. The molecule has 0 bridgehead atoms. The molecule has 1 atom stereocenters. The van der Waals surface area contributed by atoms with Crippen molar-refractivity contribution >= 4 is 33.1 Å². The van der Waals surface area contributed by atoms with Crippen molar-refractivity contribution in [3.05, 3.63) is 119 Å². The van der Waals surface area contributed by atoms with E-state index in [1.807, 2.05) is 60.7 Å². The Morgan fingerprint density at radius 1 is 1.02 bits per heavy atom. The second-order valence-corrected chi connectivity index (χ2v) is 12.4. The Bertz CT molecular complexity index is 1660. The van der Waals surface area contributed by atoms with Gasteiger partial charge in [0.25, 0.3) is 11.6 Å². The second kappa shape index (κ2) is 18.3. The molecule has 3 rings (SSSR count). The number of hydrogen-bond acceptors (Lipinski definition) is 8. The van der Waals surface area contributed by atoms with Gasteiger partial charge in [-0.1, -0.05) is 98.1 Å². The molecule has 0 aliphatic rings. The van der Waals surface area contributed by atoms with E-state index in [0.717, 1.165) is 21.5 Å². The number of unbranched alkanes of at least 4 members (excludes halogenated alkanes) is 1. The average molecular weight is 658 g/mol. The SMILES string of the molecule is C#CCN(N=C(c1ccccc1)c1ccccc1)C(=O)CN[C@@H](CCCCN(CC=C)S(=O)(=O)c1ccccc1[N+](=O)[O-])C(=O)CC. The van der Waals surface area contributed by atoms with Crippen LogP contribution in [0.4, 0.5) is 5.69 Å². The van der Waals surface area contributed by atoms with Crippen LogP contribution in [0.25, 0.3) is 0 Å². The van der Waals surface area contributed by atoms with E-state index < -0.39 is 37.5 Å². The Labute approximate surface area is 276 Å². The molecule has 1 amide bonds. The summed E-state index contributed by atoms with van der Waals surface area (Å²) in [4.78, 5) is 36.5. The molecule has 0 saturated carbocycles. The van der Waals surface area contributed by atoms with Gasteiger partial charge in [-0.05, 0) is 18.9 Å². The molecular weight excluding hydrogens is 618 g/mol. The van der Waals surface area contributed by atoms with E-state index in [-0.39, 0.29) is 38.4 Å². The number of hydrogen-bond donors (Lipinski definition) is 1. The smallest absolute Gasteiger partial charge is 0.289 e. The Balaban J connectivity index is 1.70. The fourth-order valence-electron chi connectivity index (χ4n) is 4.84. The highest BCUT2D eigenvalue weighted by molar-refractivity contribution is 7.89. The van der Waals surface area contributed by atoms with E-state index in [4.69, 9.17) is 6.42 Å². The molecule has 0 aliphatic heterocycles. The molecule has 246 valence electrons. The standard InChI is InChI=1S/C35H39N5O6S/c1-4-24-38(47(45,46)33-23-14-13-22-31(33)40(43)44)26-16-15-21-30(32(41)6-3)36-27-34(42)39(25-5-2)37-35(28-17-9-7-10-18-28)29-19-11-8-12-20-29/h2,4,7-14,17-20,22-23,30,36H,1,6,15-16,21,24-27H2,3H3/t30-/m0/s1. The molecule has 0 heterocycles. The van der Waals surface area contributed by atoms with Crippen LogP contribution in [-0.2, 0) is 19.6 Å². The van der Waals surface area contributed by atoms with Crippen LogP contribution < -0.4 is 5.32 Å². The number of nitro benzene ring substituents is 1. The molecule has 0 aromatic heterocycles. The van der Waals surface area contributed by atoms with Crippen molar-refractivity contribution in [1.29, 1.82) is 0 Å². The first kappa shape index (κ1) is 36.5. The van der Waals surface area contributed by atoms with Crippen LogP contribution in [-0.4, -0.2) is 72.3 Å². The van der Waals surface area contributed by atoms with Crippen LogP contribution in [0.15, 0.2) is 108 Å². The third-order valence-electron chi connectivity index (χ3n) is 7.24. The van der Waals surface area contributed by atoms with Gasteiger partial charge in [0.05, 0.1) is 23.2 Å². The van der Waals surface area contributed by atoms with Crippen LogP contribution >= 0.6 is 0 Å². The summed E-state index contributed by atoms with van der Waals surface area (Å²) in [5, 5.41) is 20.4. The third kappa shape index (κ3) is 10.3. The van der Waals surface area contributed by atoms with Crippen LogP contribution in [0.5, 0.6) is 0 Å². The summed E-state index contributed by atoms with van der Waals surface area (Å²) in [5.41, 5.74) is 1.66. The maximum Gasteiger partial charge on any atom is 0.289 e. The van der Waals surface area contributed by atoms with Crippen molar-refractivity contribution in [3.63, 3.8) is 0 Å². The number of carbonyl (C=O) groups excluding carboxylic acids is 2. The predicted octanol–water partition coefficient (Wildman–Crippen LogP) is 4.79. The molecule has 0 saturated heterocycles. The first-order valence-electron chi connectivity index (χ1n) is 15.2. The highest BCUT2D eigenvalue weighted by Crippen LogP contribution is 2.26. The second-order valence-electron chi connectivity index (χ2n) is 10.5. The summed E-state index contributed by atoms with van der Waals surface area (Å²) in [6, 6.07) is 23.4. The van der Waals surface area contributed by atoms with Gasteiger partial charge in [-0.2, -0.15) is 9.41 Å². The molecule has 3 aromatic rings. The Morgan fingerprint density at radius 3 is 2.17 bits per heavy atom. The summed E-state index contributed by atoms with van der Waals surface area (Å²) < 4.78 is 27.8. The fraction of sp³-hybridized carbons (Fsp3) is 0.286. The van der Waals surface area contributed by atoms with E-state index in [1.54, 1.807) is 6.92 Å². The molecule has 3 aromatic carbocycles. The topological polar surface area (TPSA) is 142 Å². The molecule has 0 unspecified atom stereocenters. The molecule has 47 heavy (non-hydrogen) atoms. The largest absolute Gasteiger partial charge is 0.299 e. The van der Waals surface area contributed by atoms with Gasteiger partial charge >= 0.3 is 0 Å². The number of nitrogens with one attached hydrogen (secondary N) is 1. The minimum Gasteiger partial charge on any atom is -0.299 e. The number of terminal acetylenes is 1. The fourth-order valence-corrected chi connectivity index (χ4v) is 6.45. The van der Waals surface area contributed by atoms with Crippen molar-refractivity contribution in [2.45, 2.75) is 43.5 Å². The molecule has 0 aliphatic carbocycles. The van der Waals surface area contributed by atoms with Gasteiger partial charge in [-0.3, -0.25) is 25.0 Å². The minimum absolute atomic E-state index is 0.0437. The van der Waals surface area contributed by atoms with Gasteiger partial charge in [-0.25, -0.2) is 13.4 Å². The van der Waals surface area contributed by atoms with Gasteiger partial charge in [0.2, 0.25) is 10.0 Å². The number of nitrogens with zero attached hydrogens (tertiary/aromatic N) is 4. The summed E-state index contributed by atoms with van der Waals surface area (Å²) in [6.45, 7) is 5.08. The van der Waals surface area contributed by atoms with E-state index in [9.17, 15) is 28.1 Å². The normalized spacial score (nSPS) is 11.7. The predicted molar refractivity (Wildman–Crippen MR) is 182 cm³/mol. The van der Waals surface area contributed by atoms with E-state index in [1.165, 1.54) is 29.3 Å². The quantitative estimate of drug-likeness (QED) is 0.0488. The summed E-state index contributed by atoms with van der Waals surface area (Å²) in [5.74, 6) is 1.96. The zero-order valence-electron chi connectivity index (χ0n) is 26.3. The van der Waals surface area contributed by atoms with Crippen LogP contribution in [0.3, 0.4) is 0 Å². The molecule has 11 nitrogen and oxygen atoms in total. The number of rotatable bonds is 19. The maximum absolute atomic E-state index is 13.4. The first-order chi connectivity index (χ1) is 22.6. The molecule has 12 heteroatoms. The first-order valence-corrected chi connectivity index (χ1v) is 16.6. The Kier molecular flexibility index (Phi) is 14.2. The van der Waals surface area contributed by atoms with Gasteiger partial charge in [-0.15, -0.1) is 13.0 Å². The maximum atomic E-state index is 13.4. The molecular formula is C35H39N5O6S. The molecule has 0 fully saturated rings. The molecule has 1 N–H and O–H groups in total. The van der Waals surface area contributed by atoms with Crippen molar-refractivity contribution in [2.75, 3.05) is 26.2 Å². The Morgan fingerprint density at radius 2 is 1.62 bits per heavy atom. The highest BCUT2D eigenvalue weighted by Gasteiger charge is 2.30. The minimum atomic E-state index is -4.19. The molecule has 0 radical (unpaired) electrons. The number of hydrazone groups is 1. The van der Waals surface area contributed by atoms with Gasteiger partial charge < -0.3 is 0 Å². The number of para-hydroxylation sites is 1. The number of ketones is 1. The number of benzene rings is 3. The van der Waals surface area contributed by atoms with Gasteiger partial charge in [0.15, 0.2) is 4.90 Å². The number of amides is 1. The number of carbonyl (C=O) groups is 2. The van der Waals surface area contributed by atoms with Crippen molar-refractivity contribution in [2.24, 2.45) is 5.10 Å². The average Bonchev–Trinajstić information content (AvgIpc) is 3.09. The number of Topliss-reactive ketones (excluding diaryl/α,β-unsaturated/α-hetero) is 1. The van der Waals surface area contributed by atoms with Crippen LogP contribution in [0, 0.1) is 22.5 Å². The van der Waals surface area contributed by atoms with E-state index in [2.05, 4.69) is 22.9 Å². The third-order valence-corrected chi connectivity index (χ3v) is 9.16. The lowest BCUT2D eigenvalue weighted by Crippen LogP contribution is -2.43. The summed E-state index contributed by atoms with van der Waals surface area (Å²) in [6.07, 6.45) is 8.38. The van der Waals surface area contributed by atoms with Crippen molar-refractivity contribution in [3.8, 4) is 12.3 Å². The van der Waals surface area contributed by atoms with E-state index in [0.29, 0.717) is 25.0 Å². The zero-order valence-corrected chi connectivity index (χ0v) is 27.1. The highest BCUT2D eigenvalue weighted by atomic mass is 32.2. The van der Waals surface area contributed by atoms with Crippen LogP contribution in [0.2, 0.25) is 0 Å². The van der Waals surface area contributed by atoms with Crippen molar-refractivity contribution < 1.29 is 22.9 Å². The van der Waals surface area contributed by atoms with Gasteiger partial charge in [0.1, 0.15) is 12.3 Å². The molecule has 0 spiro atoms. The van der Waals surface area contributed by atoms with Gasteiger partial charge in [0, 0.05) is 36.7 Å². The Hall–Kier alpha value is -4.96. The summed E-state index contributed by atoms with van der Waals surface area (Å²) in [7, 11) is -4.19. The monoisotopic (exact) mass is 657 g/mol. The van der Waals surface area contributed by atoms with Crippen molar-refractivity contribution in [1.82, 2.24) is 14.6 Å². The number of nitro groups is 1.